The third-order valence-electron chi connectivity index (χ3n) is 4.29. The molecular weight excluding hydrogens is 367 g/mol. The topological polar surface area (TPSA) is 53.5 Å². The molecule has 1 aromatic heterocycles. The van der Waals surface area contributed by atoms with E-state index in [0.29, 0.717) is 0 Å². The number of anilines is 1. The van der Waals surface area contributed by atoms with Crippen LogP contribution >= 0.6 is 0 Å². The Balaban J connectivity index is 1.72. The molecule has 1 aliphatic heterocycles. The summed E-state index contributed by atoms with van der Waals surface area (Å²) in [6.07, 6.45) is -3.32. The fourth-order valence-electron chi connectivity index (χ4n) is 2.78. The molecule has 2 heterocycles. The Morgan fingerprint density at radius 2 is 1.62 bits per heavy atom. The minimum atomic E-state index is -4.44. The summed E-state index contributed by atoms with van der Waals surface area (Å²) in [7, 11) is -3.61. The predicted octanol–water partition coefficient (Wildman–Crippen LogP) is 2.92. The van der Waals surface area contributed by atoms with Crippen molar-refractivity contribution in [1.29, 1.82) is 0 Å². The van der Waals surface area contributed by atoms with Gasteiger partial charge in [-0.3, -0.25) is 0 Å². The fourth-order valence-corrected chi connectivity index (χ4v) is 4.21. The van der Waals surface area contributed by atoms with Gasteiger partial charge in [-0.1, -0.05) is 17.7 Å². The quantitative estimate of drug-likeness (QED) is 0.815. The fraction of sp³-hybridized carbons (Fsp3) is 0.353. The number of hydrogen-bond donors (Lipinski definition) is 0. The maximum absolute atomic E-state index is 12.8. The third kappa shape index (κ3) is 3.83. The Kier molecular flexibility index (Phi) is 4.94. The molecule has 0 saturated carbocycles. The SMILES string of the molecule is Cc1ccc(S(=O)(=O)N2CCN(c3cc(C(F)(F)F)ccn3)CC2)cc1. The molecule has 140 valence electrons. The van der Waals surface area contributed by atoms with Crippen LogP contribution in [0.5, 0.6) is 0 Å². The summed E-state index contributed by atoms with van der Waals surface area (Å²) in [5.74, 6) is 0.201. The lowest BCUT2D eigenvalue weighted by Gasteiger charge is -2.34. The van der Waals surface area contributed by atoms with Gasteiger partial charge in [-0.05, 0) is 31.2 Å². The van der Waals surface area contributed by atoms with Crippen LogP contribution in [0.2, 0.25) is 0 Å². The Labute approximate surface area is 150 Å². The van der Waals surface area contributed by atoms with Crippen molar-refractivity contribution in [3.8, 4) is 0 Å². The number of nitrogens with zero attached hydrogens (tertiary/aromatic N) is 3. The van der Waals surface area contributed by atoms with Crippen LogP contribution < -0.4 is 4.90 Å². The maximum Gasteiger partial charge on any atom is 0.416 e. The second-order valence-corrected chi connectivity index (χ2v) is 8.04. The van der Waals surface area contributed by atoms with E-state index < -0.39 is 21.8 Å². The van der Waals surface area contributed by atoms with Crippen LogP contribution in [0, 0.1) is 6.92 Å². The van der Waals surface area contributed by atoms with E-state index in [1.165, 1.54) is 4.31 Å². The largest absolute Gasteiger partial charge is 0.416 e. The minimum absolute atomic E-state index is 0.189. The van der Waals surface area contributed by atoms with Crippen LogP contribution in [0.25, 0.3) is 0 Å². The highest BCUT2D eigenvalue weighted by atomic mass is 32.2. The van der Waals surface area contributed by atoms with E-state index in [0.717, 1.165) is 23.9 Å². The van der Waals surface area contributed by atoms with Crippen molar-refractivity contribution in [2.75, 3.05) is 31.1 Å². The molecule has 0 bridgehead atoms. The minimum Gasteiger partial charge on any atom is -0.354 e. The van der Waals surface area contributed by atoms with Gasteiger partial charge in [0.25, 0.3) is 0 Å². The van der Waals surface area contributed by atoms with Gasteiger partial charge in [0, 0.05) is 32.4 Å². The second-order valence-electron chi connectivity index (χ2n) is 6.10. The van der Waals surface area contributed by atoms with Crippen LogP contribution in [-0.2, 0) is 16.2 Å². The van der Waals surface area contributed by atoms with Crippen molar-refractivity contribution in [2.24, 2.45) is 0 Å². The van der Waals surface area contributed by atoms with Gasteiger partial charge in [0.05, 0.1) is 10.5 Å². The molecule has 0 unspecified atom stereocenters. The number of piperazine rings is 1. The molecule has 0 atom stereocenters. The Morgan fingerprint density at radius 3 is 2.19 bits per heavy atom. The average Bonchev–Trinajstić information content (AvgIpc) is 2.62. The van der Waals surface area contributed by atoms with Gasteiger partial charge in [0.15, 0.2) is 0 Å². The summed E-state index contributed by atoms with van der Waals surface area (Å²) in [5, 5.41) is 0. The summed E-state index contributed by atoms with van der Waals surface area (Å²) in [5.41, 5.74) is 0.196. The van der Waals surface area contributed by atoms with Crippen molar-refractivity contribution in [3.05, 3.63) is 53.7 Å². The number of aryl methyl sites for hydroxylation is 1. The number of rotatable bonds is 3. The molecule has 0 N–H and O–H groups in total. The van der Waals surface area contributed by atoms with E-state index in [2.05, 4.69) is 4.98 Å². The Bertz CT molecular complexity index is 875. The Morgan fingerprint density at radius 1 is 1.00 bits per heavy atom. The van der Waals surface area contributed by atoms with Crippen LogP contribution in [0.1, 0.15) is 11.1 Å². The lowest BCUT2D eigenvalue weighted by atomic mass is 10.2. The van der Waals surface area contributed by atoms with E-state index in [4.69, 9.17) is 0 Å². The van der Waals surface area contributed by atoms with Crippen LogP contribution in [0.3, 0.4) is 0 Å². The molecule has 0 aliphatic carbocycles. The number of sulfonamides is 1. The highest BCUT2D eigenvalue weighted by molar-refractivity contribution is 7.89. The summed E-state index contributed by atoms with van der Waals surface area (Å²) in [6.45, 7) is 2.80. The smallest absolute Gasteiger partial charge is 0.354 e. The molecule has 0 spiro atoms. The van der Waals surface area contributed by atoms with Crippen molar-refractivity contribution in [2.45, 2.75) is 18.0 Å². The van der Waals surface area contributed by atoms with Gasteiger partial charge in [-0.25, -0.2) is 13.4 Å². The molecule has 0 radical (unpaired) electrons. The summed E-state index contributed by atoms with van der Waals surface area (Å²) in [6, 6.07) is 8.49. The molecule has 9 heteroatoms. The van der Waals surface area contributed by atoms with E-state index >= 15 is 0 Å². The van der Waals surface area contributed by atoms with E-state index in [-0.39, 0.29) is 36.9 Å². The number of alkyl halides is 3. The number of pyridine rings is 1. The number of benzene rings is 1. The van der Waals surface area contributed by atoms with Gasteiger partial charge in [-0.2, -0.15) is 17.5 Å². The average molecular weight is 385 g/mol. The van der Waals surface area contributed by atoms with E-state index in [1.807, 2.05) is 6.92 Å². The molecule has 1 saturated heterocycles. The van der Waals surface area contributed by atoms with Gasteiger partial charge in [-0.15, -0.1) is 0 Å². The monoisotopic (exact) mass is 385 g/mol. The van der Waals surface area contributed by atoms with Gasteiger partial charge in [0.2, 0.25) is 10.0 Å². The molecular formula is C17H18F3N3O2S. The Hall–Kier alpha value is -2.13. The van der Waals surface area contributed by atoms with Crippen molar-refractivity contribution in [1.82, 2.24) is 9.29 Å². The number of halogens is 3. The first-order valence-electron chi connectivity index (χ1n) is 8.03. The lowest BCUT2D eigenvalue weighted by Crippen LogP contribution is -2.49. The molecule has 0 amide bonds. The normalized spacial score (nSPS) is 16.7. The molecule has 1 aromatic carbocycles. The predicted molar refractivity (Wildman–Crippen MR) is 91.4 cm³/mol. The highest BCUT2D eigenvalue weighted by Gasteiger charge is 2.32. The van der Waals surface area contributed by atoms with Gasteiger partial charge >= 0.3 is 6.18 Å². The first kappa shape index (κ1) is 18.7. The van der Waals surface area contributed by atoms with Gasteiger partial charge < -0.3 is 4.90 Å². The van der Waals surface area contributed by atoms with Gasteiger partial charge in [0.1, 0.15) is 5.82 Å². The van der Waals surface area contributed by atoms with Crippen LogP contribution in [0.4, 0.5) is 19.0 Å². The van der Waals surface area contributed by atoms with E-state index in [9.17, 15) is 21.6 Å². The third-order valence-corrected chi connectivity index (χ3v) is 6.21. The zero-order chi connectivity index (χ0) is 18.9. The number of aromatic nitrogens is 1. The molecule has 3 rings (SSSR count). The summed E-state index contributed by atoms with van der Waals surface area (Å²) in [4.78, 5) is 5.87. The molecule has 1 aliphatic rings. The maximum atomic E-state index is 12.8. The number of hydrogen-bond acceptors (Lipinski definition) is 4. The first-order valence-corrected chi connectivity index (χ1v) is 9.47. The van der Waals surface area contributed by atoms with Crippen molar-refractivity contribution >= 4 is 15.8 Å². The molecule has 1 fully saturated rings. The standard InChI is InChI=1S/C17H18F3N3O2S/c1-13-2-4-15(5-3-13)26(24,25)23-10-8-22(9-11-23)16-12-14(6-7-21-16)17(18,19)20/h2-7,12H,8-11H2,1H3. The zero-order valence-corrected chi connectivity index (χ0v) is 14.9. The summed E-state index contributed by atoms with van der Waals surface area (Å²) >= 11 is 0. The molecule has 26 heavy (non-hydrogen) atoms. The lowest BCUT2D eigenvalue weighted by molar-refractivity contribution is -0.137. The zero-order valence-electron chi connectivity index (χ0n) is 14.1. The van der Waals surface area contributed by atoms with Crippen molar-refractivity contribution in [3.63, 3.8) is 0 Å². The molecule has 5 nitrogen and oxygen atoms in total. The first-order chi connectivity index (χ1) is 12.2. The molecule has 2 aromatic rings. The van der Waals surface area contributed by atoms with Crippen LogP contribution in [0.15, 0.2) is 47.5 Å². The second kappa shape index (κ2) is 6.88. The van der Waals surface area contributed by atoms with Crippen LogP contribution in [-0.4, -0.2) is 43.9 Å². The van der Waals surface area contributed by atoms with Crippen molar-refractivity contribution < 1.29 is 21.6 Å². The van der Waals surface area contributed by atoms with E-state index in [1.54, 1.807) is 29.2 Å². The highest BCUT2D eigenvalue weighted by Crippen LogP contribution is 2.31. The summed E-state index contributed by atoms with van der Waals surface area (Å²) < 4.78 is 65.2.